The molecule has 0 fully saturated rings. The summed E-state index contributed by atoms with van der Waals surface area (Å²) in [6.07, 6.45) is 3.64. The van der Waals surface area contributed by atoms with Gasteiger partial charge < -0.3 is 5.11 Å². The number of aromatic carboxylic acids is 1. The molecule has 1 heterocycles. The Morgan fingerprint density at radius 2 is 2.06 bits per heavy atom. The highest BCUT2D eigenvalue weighted by Gasteiger charge is 2.11. The maximum Gasteiger partial charge on any atom is 0.337 e. The van der Waals surface area contributed by atoms with Crippen molar-refractivity contribution in [2.75, 3.05) is 7.05 Å². The molecule has 0 unspecified atom stereocenters. The summed E-state index contributed by atoms with van der Waals surface area (Å²) >= 11 is 0. The Labute approximate surface area is 102 Å². The Kier molecular flexibility index (Phi) is 5.10. The zero-order valence-corrected chi connectivity index (χ0v) is 10.7. The van der Waals surface area contributed by atoms with Crippen molar-refractivity contribution in [3.05, 3.63) is 29.6 Å². The van der Waals surface area contributed by atoms with Crippen LogP contribution in [-0.2, 0) is 6.54 Å². The first-order valence-electron chi connectivity index (χ1n) is 5.96. The Balaban J connectivity index is 2.65. The van der Waals surface area contributed by atoms with E-state index in [1.165, 1.54) is 6.20 Å². The number of carbonyl (C=O) groups is 1. The highest BCUT2D eigenvalue weighted by Crippen LogP contribution is 2.10. The highest BCUT2D eigenvalue weighted by atomic mass is 16.4. The highest BCUT2D eigenvalue weighted by molar-refractivity contribution is 5.87. The largest absolute Gasteiger partial charge is 0.478 e. The van der Waals surface area contributed by atoms with Gasteiger partial charge in [0.1, 0.15) is 0 Å². The van der Waals surface area contributed by atoms with Crippen molar-refractivity contribution in [1.82, 2.24) is 9.88 Å². The molecule has 0 atom stereocenters. The molecule has 0 saturated heterocycles. The average molecular weight is 236 g/mol. The van der Waals surface area contributed by atoms with Crippen LogP contribution in [0.1, 0.15) is 42.7 Å². The molecular weight excluding hydrogens is 216 g/mol. The Morgan fingerprint density at radius 3 is 2.47 bits per heavy atom. The van der Waals surface area contributed by atoms with Crippen molar-refractivity contribution in [2.45, 2.75) is 39.3 Å². The number of aromatic nitrogens is 1. The molecule has 1 rings (SSSR count). The van der Waals surface area contributed by atoms with Crippen molar-refractivity contribution in [2.24, 2.45) is 0 Å². The van der Waals surface area contributed by atoms with Crippen LogP contribution in [0.2, 0.25) is 0 Å². The summed E-state index contributed by atoms with van der Waals surface area (Å²) in [5.74, 6) is -0.933. The number of hydrogen-bond donors (Lipinski definition) is 1. The summed E-state index contributed by atoms with van der Waals surface area (Å²) in [6.45, 7) is 5.10. The molecule has 94 valence electrons. The maximum absolute atomic E-state index is 10.7. The predicted molar refractivity (Wildman–Crippen MR) is 67.0 cm³/mol. The molecule has 0 aliphatic rings. The SMILES string of the molecule is CCC(CC)N(C)Cc1ccc(C(=O)O)cn1. The summed E-state index contributed by atoms with van der Waals surface area (Å²) in [4.78, 5) is 17.1. The van der Waals surface area contributed by atoms with Gasteiger partial charge in [-0.15, -0.1) is 0 Å². The second kappa shape index (κ2) is 6.35. The van der Waals surface area contributed by atoms with Gasteiger partial charge in [0.25, 0.3) is 0 Å². The lowest BCUT2D eigenvalue weighted by Crippen LogP contribution is -2.30. The van der Waals surface area contributed by atoms with Crippen molar-refractivity contribution in [1.29, 1.82) is 0 Å². The smallest absolute Gasteiger partial charge is 0.337 e. The molecule has 0 radical (unpaired) electrons. The first kappa shape index (κ1) is 13.6. The van der Waals surface area contributed by atoms with Crippen LogP contribution >= 0.6 is 0 Å². The minimum Gasteiger partial charge on any atom is -0.478 e. The zero-order chi connectivity index (χ0) is 12.8. The van der Waals surface area contributed by atoms with Gasteiger partial charge in [-0.2, -0.15) is 0 Å². The third-order valence-electron chi connectivity index (χ3n) is 3.05. The lowest BCUT2D eigenvalue weighted by atomic mass is 10.1. The van der Waals surface area contributed by atoms with Crippen LogP contribution in [0.4, 0.5) is 0 Å². The summed E-state index contributed by atoms with van der Waals surface area (Å²) in [5, 5.41) is 8.77. The van der Waals surface area contributed by atoms with E-state index in [0.29, 0.717) is 6.04 Å². The first-order valence-corrected chi connectivity index (χ1v) is 5.96. The number of carboxylic acids is 1. The number of carboxylic acid groups (broad SMARTS) is 1. The monoisotopic (exact) mass is 236 g/mol. The van der Waals surface area contributed by atoms with Gasteiger partial charge in [-0.1, -0.05) is 13.8 Å². The van der Waals surface area contributed by atoms with Gasteiger partial charge in [-0.3, -0.25) is 9.88 Å². The maximum atomic E-state index is 10.7. The van der Waals surface area contributed by atoms with Crippen LogP contribution in [0.5, 0.6) is 0 Å². The summed E-state index contributed by atoms with van der Waals surface area (Å²) in [5.41, 5.74) is 1.14. The van der Waals surface area contributed by atoms with Gasteiger partial charge in [0.15, 0.2) is 0 Å². The molecule has 0 amide bonds. The molecule has 0 spiro atoms. The van der Waals surface area contributed by atoms with Gasteiger partial charge in [0.05, 0.1) is 11.3 Å². The molecule has 1 N–H and O–H groups in total. The van der Waals surface area contributed by atoms with Crippen LogP contribution < -0.4 is 0 Å². The molecule has 0 aliphatic carbocycles. The molecule has 0 bridgehead atoms. The first-order chi connectivity index (χ1) is 8.08. The van der Waals surface area contributed by atoms with E-state index in [0.717, 1.165) is 25.1 Å². The van der Waals surface area contributed by atoms with E-state index in [4.69, 9.17) is 5.11 Å². The van der Waals surface area contributed by atoms with Gasteiger partial charge in [-0.05, 0) is 32.0 Å². The summed E-state index contributed by atoms with van der Waals surface area (Å²) < 4.78 is 0. The van der Waals surface area contributed by atoms with Crippen LogP contribution in [0.15, 0.2) is 18.3 Å². The molecular formula is C13H20N2O2. The van der Waals surface area contributed by atoms with Gasteiger partial charge in [-0.25, -0.2) is 4.79 Å². The quantitative estimate of drug-likeness (QED) is 0.824. The van der Waals surface area contributed by atoms with E-state index >= 15 is 0 Å². The van der Waals surface area contributed by atoms with E-state index in [1.807, 2.05) is 0 Å². The van der Waals surface area contributed by atoms with Crippen LogP contribution in [0.25, 0.3) is 0 Å². The van der Waals surface area contributed by atoms with E-state index in [1.54, 1.807) is 12.1 Å². The lowest BCUT2D eigenvalue weighted by molar-refractivity contribution is 0.0696. The third kappa shape index (κ3) is 3.82. The van der Waals surface area contributed by atoms with E-state index in [-0.39, 0.29) is 5.56 Å². The number of rotatable bonds is 6. The molecule has 0 aromatic carbocycles. The van der Waals surface area contributed by atoms with Crippen molar-refractivity contribution in [3.8, 4) is 0 Å². The van der Waals surface area contributed by atoms with Crippen LogP contribution in [0.3, 0.4) is 0 Å². The average Bonchev–Trinajstić information content (AvgIpc) is 2.31. The number of pyridine rings is 1. The van der Waals surface area contributed by atoms with Gasteiger partial charge >= 0.3 is 5.97 Å². The molecule has 1 aromatic rings. The fraction of sp³-hybridized carbons (Fsp3) is 0.538. The van der Waals surface area contributed by atoms with Gasteiger partial charge in [0, 0.05) is 18.8 Å². The number of nitrogens with zero attached hydrogens (tertiary/aromatic N) is 2. The standard InChI is InChI=1S/C13H20N2O2/c1-4-12(5-2)15(3)9-11-7-6-10(8-14-11)13(16)17/h6-8,12H,4-5,9H2,1-3H3,(H,16,17). The van der Waals surface area contributed by atoms with E-state index in [2.05, 4.69) is 30.8 Å². The fourth-order valence-electron chi connectivity index (χ4n) is 1.94. The van der Waals surface area contributed by atoms with Crippen molar-refractivity contribution < 1.29 is 9.90 Å². The Morgan fingerprint density at radius 1 is 1.41 bits per heavy atom. The Hall–Kier alpha value is -1.42. The fourth-order valence-corrected chi connectivity index (χ4v) is 1.94. The van der Waals surface area contributed by atoms with Crippen molar-refractivity contribution in [3.63, 3.8) is 0 Å². The molecule has 0 saturated carbocycles. The third-order valence-corrected chi connectivity index (χ3v) is 3.05. The van der Waals surface area contributed by atoms with Gasteiger partial charge in [0.2, 0.25) is 0 Å². The van der Waals surface area contributed by atoms with E-state index in [9.17, 15) is 4.79 Å². The predicted octanol–water partition coefficient (Wildman–Crippen LogP) is 2.40. The zero-order valence-electron chi connectivity index (χ0n) is 10.7. The minimum absolute atomic E-state index is 0.235. The second-order valence-electron chi connectivity index (χ2n) is 4.23. The Bertz CT molecular complexity index is 358. The molecule has 1 aromatic heterocycles. The molecule has 4 heteroatoms. The molecule has 4 nitrogen and oxygen atoms in total. The summed E-state index contributed by atoms with van der Waals surface area (Å²) in [6, 6.07) is 3.93. The topological polar surface area (TPSA) is 53.4 Å². The molecule has 17 heavy (non-hydrogen) atoms. The summed E-state index contributed by atoms with van der Waals surface area (Å²) in [7, 11) is 2.07. The normalized spacial score (nSPS) is 11.1. The van der Waals surface area contributed by atoms with E-state index < -0.39 is 5.97 Å². The lowest BCUT2D eigenvalue weighted by Gasteiger charge is -2.25. The minimum atomic E-state index is -0.933. The van der Waals surface area contributed by atoms with Crippen LogP contribution in [0, 0.1) is 0 Å². The van der Waals surface area contributed by atoms with Crippen LogP contribution in [-0.4, -0.2) is 34.0 Å². The second-order valence-corrected chi connectivity index (χ2v) is 4.23. The van der Waals surface area contributed by atoms with Crippen molar-refractivity contribution >= 4 is 5.97 Å². The molecule has 0 aliphatic heterocycles. The number of hydrogen-bond acceptors (Lipinski definition) is 3.